The Labute approximate surface area is 128 Å². The van der Waals surface area contributed by atoms with Crippen LogP contribution in [0.4, 0.5) is 4.79 Å². The maximum atomic E-state index is 11.5. The maximum Gasteiger partial charge on any atom is 0.413 e. The lowest BCUT2D eigenvalue weighted by Gasteiger charge is -2.09. The molecule has 0 saturated carbocycles. The number of carbonyl (C=O) groups excluding carboxylic acids is 3. The van der Waals surface area contributed by atoms with Crippen LogP contribution in [0.25, 0.3) is 0 Å². The van der Waals surface area contributed by atoms with Crippen LogP contribution < -0.4 is 10.1 Å². The van der Waals surface area contributed by atoms with E-state index in [1.165, 1.54) is 0 Å². The van der Waals surface area contributed by atoms with Gasteiger partial charge in [0, 0.05) is 0 Å². The highest BCUT2D eigenvalue weighted by atomic mass is 16.6. The summed E-state index contributed by atoms with van der Waals surface area (Å²) in [4.78, 5) is 33.7. The number of amides is 2. The molecule has 0 saturated heterocycles. The minimum absolute atomic E-state index is 0.142. The molecule has 0 aromatic heterocycles. The van der Waals surface area contributed by atoms with E-state index in [9.17, 15) is 14.4 Å². The number of carbonyl (C=O) groups is 3. The van der Waals surface area contributed by atoms with Gasteiger partial charge in [0.2, 0.25) is 0 Å². The van der Waals surface area contributed by atoms with E-state index in [4.69, 9.17) is 4.74 Å². The molecule has 0 aliphatic heterocycles. The molecular weight excluding hydrogens is 290 g/mol. The zero-order valence-corrected chi connectivity index (χ0v) is 12.8. The molecule has 22 heavy (non-hydrogen) atoms. The quantitative estimate of drug-likeness (QED) is 0.801. The van der Waals surface area contributed by atoms with E-state index in [2.05, 4.69) is 9.47 Å². The van der Waals surface area contributed by atoms with Gasteiger partial charge in [0.15, 0.2) is 13.2 Å². The van der Waals surface area contributed by atoms with Crippen LogP contribution in [-0.4, -0.2) is 37.8 Å². The Hall–Kier alpha value is -2.57. The first kappa shape index (κ1) is 17.5. The number of benzene rings is 1. The van der Waals surface area contributed by atoms with Gasteiger partial charge in [-0.1, -0.05) is 17.7 Å². The number of imide groups is 1. The van der Waals surface area contributed by atoms with Gasteiger partial charge in [-0.15, -0.1) is 0 Å². The van der Waals surface area contributed by atoms with Gasteiger partial charge in [-0.3, -0.25) is 10.1 Å². The molecule has 0 spiro atoms. The molecule has 0 bridgehead atoms. The number of nitrogens with one attached hydrogen (secondary N) is 1. The Kier molecular flexibility index (Phi) is 6.88. The van der Waals surface area contributed by atoms with Gasteiger partial charge in [0.05, 0.1) is 6.61 Å². The monoisotopic (exact) mass is 309 g/mol. The van der Waals surface area contributed by atoms with Crippen LogP contribution in [-0.2, 0) is 19.1 Å². The number of aryl methyl sites for hydroxylation is 2. The van der Waals surface area contributed by atoms with Crippen LogP contribution in [0.15, 0.2) is 18.2 Å². The molecule has 0 atom stereocenters. The van der Waals surface area contributed by atoms with Gasteiger partial charge in [-0.05, 0) is 32.4 Å². The van der Waals surface area contributed by atoms with E-state index < -0.39 is 24.6 Å². The Balaban J connectivity index is 2.31. The second kappa shape index (κ2) is 8.66. The first-order valence-corrected chi connectivity index (χ1v) is 6.74. The van der Waals surface area contributed by atoms with Gasteiger partial charge < -0.3 is 14.2 Å². The molecular formula is C15H19NO6. The minimum atomic E-state index is -0.880. The van der Waals surface area contributed by atoms with Crippen molar-refractivity contribution in [3.05, 3.63) is 29.3 Å². The normalized spacial score (nSPS) is 9.77. The lowest BCUT2D eigenvalue weighted by atomic mass is 10.1. The van der Waals surface area contributed by atoms with E-state index in [0.717, 1.165) is 11.1 Å². The van der Waals surface area contributed by atoms with Gasteiger partial charge >= 0.3 is 12.1 Å². The van der Waals surface area contributed by atoms with Crippen LogP contribution in [0.1, 0.15) is 18.1 Å². The fourth-order valence-corrected chi connectivity index (χ4v) is 1.60. The van der Waals surface area contributed by atoms with Crippen molar-refractivity contribution in [2.45, 2.75) is 20.8 Å². The summed E-state index contributed by atoms with van der Waals surface area (Å²) in [5.41, 5.74) is 1.98. The van der Waals surface area contributed by atoms with E-state index in [1.807, 2.05) is 31.3 Å². The smallest absolute Gasteiger partial charge is 0.413 e. The van der Waals surface area contributed by atoms with Crippen molar-refractivity contribution in [3.8, 4) is 5.75 Å². The summed E-state index contributed by atoms with van der Waals surface area (Å²) < 4.78 is 14.5. The van der Waals surface area contributed by atoms with E-state index >= 15 is 0 Å². The SMILES string of the molecule is CCOC(=O)NC(=O)COC(=O)COc1ccc(C)cc1C. The molecule has 7 heteroatoms. The first-order valence-electron chi connectivity index (χ1n) is 6.74. The molecule has 7 nitrogen and oxygen atoms in total. The van der Waals surface area contributed by atoms with Crippen LogP contribution >= 0.6 is 0 Å². The third-order valence-corrected chi connectivity index (χ3v) is 2.56. The zero-order valence-electron chi connectivity index (χ0n) is 12.8. The molecule has 2 amide bonds. The molecule has 0 aliphatic rings. The van der Waals surface area contributed by atoms with Crippen molar-refractivity contribution < 1.29 is 28.6 Å². The highest BCUT2D eigenvalue weighted by Crippen LogP contribution is 2.18. The average molecular weight is 309 g/mol. The fraction of sp³-hybridized carbons (Fsp3) is 0.400. The van der Waals surface area contributed by atoms with Crippen molar-refractivity contribution in [1.82, 2.24) is 5.32 Å². The van der Waals surface area contributed by atoms with Crippen molar-refractivity contribution in [3.63, 3.8) is 0 Å². The molecule has 120 valence electrons. The van der Waals surface area contributed by atoms with Gasteiger partial charge in [-0.2, -0.15) is 0 Å². The molecule has 0 unspecified atom stereocenters. The molecule has 0 heterocycles. The van der Waals surface area contributed by atoms with E-state index in [-0.39, 0.29) is 13.2 Å². The summed E-state index contributed by atoms with van der Waals surface area (Å²) in [6, 6.07) is 5.54. The highest BCUT2D eigenvalue weighted by Gasteiger charge is 2.12. The first-order chi connectivity index (χ1) is 10.4. The van der Waals surface area contributed by atoms with Crippen molar-refractivity contribution in [2.75, 3.05) is 19.8 Å². The number of hydrogen-bond donors (Lipinski definition) is 1. The summed E-state index contributed by atoms with van der Waals surface area (Å²) in [7, 11) is 0. The molecule has 1 rings (SSSR count). The summed E-state index contributed by atoms with van der Waals surface area (Å²) in [6.45, 7) is 4.66. The van der Waals surface area contributed by atoms with Crippen molar-refractivity contribution >= 4 is 18.0 Å². The summed E-state index contributed by atoms with van der Waals surface area (Å²) >= 11 is 0. The fourth-order valence-electron chi connectivity index (χ4n) is 1.60. The predicted octanol–water partition coefficient (Wildman–Crippen LogP) is 1.50. The lowest BCUT2D eigenvalue weighted by Crippen LogP contribution is -2.35. The van der Waals surface area contributed by atoms with Crippen LogP contribution in [0, 0.1) is 13.8 Å². The minimum Gasteiger partial charge on any atom is -0.482 e. The standard InChI is InChI=1S/C15H19NO6/c1-4-20-15(19)16-13(17)8-22-14(18)9-21-12-6-5-10(2)7-11(12)3/h5-7H,4,8-9H2,1-3H3,(H,16,17,19). The topological polar surface area (TPSA) is 90.9 Å². The maximum absolute atomic E-state index is 11.5. The Morgan fingerprint density at radius 1 is 1.09 bits per heavy atom. The van der Waals surface area contributed by atoms with Crippen LogP contribution in [0.3, 0.4) is 0 Å². The predicted molar refractivity (Wildman–Crippen MR) is 77.5 cm³/mol. The third kappa shape index (κ3) is 6.25. The van der Waals surface area contributed by atoms with Crippen LogP contribution in [0.2, 0.25) is 0 Å². The molecule has 0 aliphatic carbocycles. The number of hydrogen-bond acceptors (Lipinski definition) is 6. The second-order valence-electron chi connectivity index (χ2n) is 4.49. The average Bonchev–Trinajstić information content (AvgIpc) is 2.44. The molecule has 0 fully saturated rings. The van der Waals surface area contributed by atoms with E-state index in [1.54, 1.807) is 13.0 Å². The lowest BCUT2D eigenvalue weighted by molar-refractivity contribution is -0.150. The molecule has 1 aromatic rings. The number of ether oxygens (including phenoxy) is 3. The highest BCUT2D eigenvalue weighted by molar-refractivity contribution is 5.93. The number of alkyl carbamates (subject to hydrolysis) is 1. The second-order valence-corrected chi connectivity index (χ2v) is 4.49. The molecule has 1 N–H and O–H groups in total. The Bertz CT molecular complexity index is 555. The largest absolute Gasteiger partial charge is 0.482 e. The van der Waals surface area contributed by atoms with E-state index in [0.29, 0.717) is 5.75 Å². The Morgan fingerprint density at radius 3 is 2.45 bits per heavy atom. The van der Waals surface area contributed by atoms with Crippen molar-refractivity contribution in [1.29, 1.82) is 0 Å². The van der Waals surface area contributed by atoms with Crippen LogP contribution in [0.5, 0.6) is 5.75 Å². The Morgan fingerprint density at radius 2 is 1.82 bits per heavy atom. The third-order valence-electron chi connectivity index (χ3n) is 2.56. The molecule has 0 radical (unpaired) electrons. The summed E-state index contributed by atoms with van der Waals surface area (Å²) in [6.07, 6.45) is -0.880. The van der Waals surface area contributed by atoms with Crippen molar-refractivity contribution in [2.24, 2.45) is 0 Å². The molecule has 1 aromatic carbocycles. The van der Waals surface area contributed by atoms with Gasteiger partial charge in [0.25, 0.3) is 5.91 Å². The van der Waals surface area contributed by atoms with Gasteiger partial charge in [-0.25, -0.2) is 9.59 Å². The number of esters is 1. The summed E-state index contributed by atoms with van der Waals surface area (Å²) in [5.74, 6) is -0.907. The van der Waals surface area contributed by atoms with Gasteiger partial charge in [0.1, 0.15) is 5.75 Å². The number of rotatable bonds is 6. The zero-order chi connectivity index (χ0) is 16.5. The summed E-state index contributed by atoms with van der Waals surface area (Å²) in [5, 5.41) is 1.91.